The van der Waals surface area contributed by atoms with Crippen molar-refractivity contribution in [2.24, 2.45) is 0 Å². The van der Waals surface area contributed by atoms with E-state index in [-0.39, 0.29) is 11.7 Å². The van der Waals surface area contributed by atoms with Crippen molar-refractivity contribution in [2.45, 2.75) is 33.6 Å². The van der Waals surface area contributed by atoms with Crippen molar-refractivity contribution in [3.8, 4) is 0 Å². The molecule has 3 heteroatoms. The van der Waals surface area contributed by atoms with Gasteiger partial charge in [0.25, 0.3) is 0 Å². The minimum Gasteiger partial charge on any atom is -0.294 e. The maximum atomic E-state index is 11.7. The maximum absolute atomic E-state index is 11.7. The molecule has 0 amide bonds. The fraction of sp³-hybridized carbons (Fsp3) is 0.385. The topological polar surface area (TPSA) is 34.4 Å². The number of nitrogens with zero attached hydrogens (tertiary/aromatic N) is 2. The number of aryl methyl sites for hydroxylation is 1. The van der Waals surface area contributed by atoms with Crippen LogP contribution in [0, 0.1) is 6.92 Å². The number of pyridine rings is 1. The first-order valence-corrected chi connectivity index (χ1v) is 5.51. The zero-order chi connectivity index (χ0) is 11.9. The second-order valence-corrected chi connectivity index (χ2v) is 4.44. The lowest BCUT2D eigenvalue weighted by atomic mass is 10.0. The second-order valence-electron chi connectivity index (χ2n) is 4.44. The van der Waals surface area contributed by atoms with Crippen molar-refractivity contribution in [3.63, 3.8) is 0 Å². The van der Waals surface area contributed by atoms with Gasteiger partial charge in [0.2, 0.25) is 0 Å². The summed E-state index contributed by atoms with van der Waals surface area (Å²) in [6.07, 6.45) is 0. The molecular formula is C13H16N2O. The van der Waals surface area contributed by atoms with Gasteiger partial charge in [0.05, 0.1) is 16.8 Å². The Labute approximate surface area is 95.1 Å². The van der Waals surface area contributed by atoms with E-state index < -0.39 is 0 Å². The molecule has 2 rings (SSSR count). The van der Waals surface area contributed by atoms with Crippen LogP contribution in [-0.4, -0.2) is 15.4 Å². The fourth-order valence-electron chi connectivity index (χ4n) is 1.99. The minimum atomic E-state index is 0.0873. The number of rotatable bonds is 2. The van der Waals surface area contributed by atoms with E-state index in [1.165, 1.54) is 0 Å². The summed E-state index contributed by atoms with van der Waals surface area (Å²) < 4.78 is 1.85. The van der Waals surface area contributed by atoms with Gasteiger partial charge in [0.15, 0.2) is 5.78 Å². The monoisotopic (exact) mass is 216 g/mol. The lowest BCUT2D eigenvalue weighted by Crippen LogP contribution is -1.98. The summed E-state index contributed by atoms with van der Waals surface area (Å²) in [6.45, 7) is 7.71. The SMILES string of the molecule is CC(=O)c1c(C(C)C)nn2c(C)cccc12. The fourth-order valence-corrected chi connectivity index (χ4v) is 1.99. The Hall–Kier alpha value is -1.64. The third kappa shape index (κ3) is 1.52. The van der Waals surface area contributed by atoms with Crippen LogP contribution in [0.5, 0.6) is 0 Å². The predicted molar refractivity (Wildman–Crippen MR) is 64.0 cm³/mol. The Morgan fingerprint density at radius 2 is 2.06 bits per heavy atom. The van der Waals surface area contributed by atoms with E-state index in [0.29, 0.717) is 0 Å². The summed E-state index contributed by atoms with van der Waals surface area (Å²) in [5, 5.41) is 4.53. The van der Waals surface area contributed by atoms with Crippen LogP contribution in [0.2, 0.25) is 0 Å². The minimum absolute atomic E-state index is 0.0873. The molecule has 0 atom stereocenters. The number of aromatic nitrogens is 2. The number of Topliss-reactive ketones (excluding diaryl/α,β-unsaturated/α-hetero) is 1. The molecule has 0 unspecified atom stereocenters. The van der Waals surface area contributed by atoms with Crippen LogP contribution in [0.1, 0.15) is 48.4 Å². The zero-order valence-corrected chi connectivity index (χ0v) is 10.1. The standard InChI is InChI=1S/C13H16N2O/c1-8(2)13-12(10(4)16)11-7-5-6-9(3)15(11)14-13/h5-8H,1-4H3. The number of carbonyl (C=O) groups excluding carboxylic acids is 1. The molecule has 0 radical (unpaired) electrons. The smallest absolute Gasteiger partial charge is 0.163 e. The van der Waals surface area contributed by atoms with Crippen LogP contribution in [0.15, 0.2) is 18.2 Å². The molecule has 2 heterocycles. The first-order chi connectivity index (χ1) is 7.52. The Balaban J connectivity index is 2.86. The van der Waals surface area contributed by atoms with E-state index in [4.69, 9.17) is 0 Å². The van der Waals surface area contributed by atoms with E-state index in [9.17, 15) is 4.79 Å². The van der Waals surface area contributed by atoms with Gasteiger partial charge < -0.3 is 0 Å². The van der Waals surface area contributed by atoms with Crippen molar-refractivity contribution in [1.29, 1.82) is 0 Å². The molecule has 2 aromatic rings. The average Bonchev–Trinajstić information content (AvgIpc) is 2.58. The Morgan fingerprint density at radius 1 is 1.38 bits per heavy atom. The first kappa shape index (κ1) is 10.9. The van der Waals surface area contributed by atoms with E-state index in [1.54, 1.807) is 6.92 Å². The second kappa shape index (κ2) is 3.74. The zero-order valence-electron chi connectivity index (χ0n) is 10.1. The highest BCUT2D eigenvalue weighted by Gasteiger charge is 2.19. The van der Waals surface area contributed by atoms with Crippen LogP contribution >= 0.6 is 0 Å². The molecule has 0 saturated heterocycles. The van der Waals surface area contributed by atoms with Crippen molar-refractivity contribution in [1.82, 2.24) is 9.61 Å². The normalized spacial score (nSPS) is 11.3. The van der Waals surface area contributed by atoms with Gasteiger partial charge in [-0.3, -0.25) is 4.79 Å². The third-order valence-electron chi connectivity index (χ3n) is 2.77. The van der Waals surface area contributed by atoms with Crippen molar-refractivity contribution in [2.75, 3.05) is 0 Å². The highest BCUT2D eigenvalue weighted by atomic mass is 16.1. The highest BCUT2D eigenvalue weighted by molar-refractivity contribution is 6.02. The van der Waals surface area contributed by atoms with E-state index >= 15 is 0 Å². The molecule has 0 spiro atoms. The van der Waals surface area contributed by atoms with E-state index in [0.717, 1.165) is 22.5 Å². The summed E-state index contributed by atoms with van der Waals surface area (Å²) >= 11 is 0. The van der Waals surface area contributed by atoms with Crippen molar-refractivity contribution >= 4 is 11.3 Å². The van der Waals surface area contributed by atoms with Gasteiger partial charge in [-0.2, -0.15) is 5.10 Å². The maximum Gasteiger partial charge on any atom is 0.163 e. The van der Waals surface area contributed by atoms with Gasteiger partial charge >= 0.3 is 0 Å². The Kier molecular flexibility index (Phi) is 2.54. The van der Waals surface area contributed by atoms with Gasteiger partial charge in [-0.05, 0) is 31.9 Å². The number of fused-ring (bicyclic) bond motifs is 1. The number of hydrogen-bond donors (Lipinski definition) is 0. The van der Waals surface area contributed by atoms with Gasteiger partial charge in [0, 0.05) is 5.69 Å². The van der Waals surface area contributed by atoms with Crippen LogP contribution < -0.4 is 0 Å². The molecule has 2 aromatic heterocycles. The Morgan fingerprint density at radius 3 is 2.62 bits per heavy atom. The average molecular weight is 216 g/mol. The quantitative estimate of drug-likeness (QED) is 0.723. The van der Waals surface area contributed by atoms with Gasteiger partial charge in [-0.1, -0.05) is 19.9 Å². The lowest BCUT2D eigenvalue weighted by Gasteiger charge is -2.01. The molecule has 0 N–H and O–H groups in total. The van der Waals surface area contributed by atoms with Crippen LogP contribution in [0.25, 0.3) is 5.52 Å². The first-order valence-electron chi connectivity index (χ1n) is 5.51. The van der Waals surface area contributed by atoms with Crippen LogP contribution in [0.4, 0.5) is 0 Å². The third-order valence-corrected chi connectivity index (χ3v) is 2.77. The van der Waals surface area contributed by atoms with Gasteiger partial charge in [-0.15, -0.1) is 0 Å². The van der Waals surface area contributed by atoms with E-state index in [1.807, 2.05) is 29.6 Å². The molecule has 0 aliphatic carbocycles. The molecule has 0 fully saturated rings. The molecule has 0 aliphatic rings. The molecule has 16 heavy (non-hydrogen) atoms. The van der Waals surface area contributed by atoms with Crippen LogP contribution in [-0.2, 0) is 0 Å². The van der Waals surface area contributed by atoms with Crippen molar-refractivity contribution < 1.29 is 4.79 Å². The molecule has 0 bridgehead atoms. The molecule has 0 aromatic carbocycles. The number of hydrogen-bond acceptors (Lipinski definition) is 2. The molecule has 0 saturated carbocycles. The summed E-state index contributed by atoms with van der Waals surface area (Å²) in [4.78, 5) is 11.7. The molecular weight excluding hydrogens is 200 g/mol. The van der Waals surface area contributed by atoms with Crippen molar-refractivity contribution in [3.05, 3.63) is 35.2 Å². The van der Waals surface area contributed by atoms with Gasteiger partial charge in [0.1, 0.15) is 0 Å². The molecule has 0 aliphatic heterocycles. The summed E-state index contributed by atoms with van der Waals surface area (Å²) in [7, 11) is 0. The highest BCUT2D eigenvalue weighted by Crippen LogP contribution is 2.23. The molecule has 84 valence electrons. The predicted octanol–water partition coefficient (Wildman–Crippen LogP) is 2.97. The van der Waals surface area contributed by atoms with Crippen LogP contribution in [0.3, 0.4) is 0 Å². The van der Waals surface area contributed by atoms with E-state index in [2.05, 4.69) is 18.9 Å². The largest absolute Gasteiger partial charge is 0.294 e. The lowest BCUT2D eigenvalue weighted by molar-refractivity contribution is 0.101. The Bertz CT molecular complexity index is 552. The number of carbonyl (C=O) groups is 1. The summed E-state index contributed by atoms with van der Waals surface area (Å²) in [5.41, 5.74) is 3.61. The summed E-state index contributed by atoms with van der Waals surface area (Å²) in [5.74, 6) is 0.350. The number of ketones is 1. The summed E-state index contributed by atoms with van der Waals surface area (Å²) in [6, 6.07) is 5.90. The molecule has 3 nitrogen and oxygen atoms in total. The van der Waals surface area contributed by atoms with Gasteiger partial charge in [-0.25, -0.2) is 4.52 Å².